The zero-order valence-electron chi connectivity index (χ0n) is 25.6. The number of halogens is 2. The van der Waals surface area contributed by atoms with Crippen molar-refractivity contribution < 1.29 is 24.2 Å². The first kappa shape index (κ1) is 32.2. The van der Waals surface area contributed by atoms with Crippen molar-refractivity contribution in [3.8, 4) is 28.4 Å². The molecular weight excluding hydrogens is 647 g/mol. The Labute approximate surface area is 280 Å². The average molecular weight is 680 g/mol. The van der Waals surface area contributed by atoms with Gasteiger partial charge in [-0.2, -0.15) is 0 Å². The van der Waals surface area contributed by atoms with Gasteiger partial charge in [0, 0.05) is 74.1 Å². The summed E-state index contributed by atoms with van der Waals surface area (Å²) in [6.07, 6.45) is 2.39. The van der Waals surface area contributed by atoms with Gasteiger partial charge in [-0.15, -0.1) is 0 Å². The van der Waals surface area contributed by atoms with E-state index in [0.717, 1.165) is 17.7 Å². The molecule has 4 aromatic rings. The van der Waals surface area contributed by atoms with E-state index in [1.165, 1.54) is 4.90 Å². The standard InChI is InChI=1S/C32H32Cl2N8O5/c1-41-24-11-13-42(32(45)46)16-23(24)38-29(41)30(44)39-22-5-3-4-20(26(22)33)28-27(34)19(10-12-36-28)21-8-6-17(31(40-21)47-2)14-35-15-18-7-9-25(43)37-18/h3-6,8,10,12,18,35H,7,9,11,13-16H2,1-2H3,(H,37,43)(H,39,44)(H,45,46)/t18-/m0/s1. The van der Waals surface area contributed by atoms with Crippen LogP contribution in [-0.4, -0.2) is 73.7 Å². The van der Waals surface area contributed by atoms with Crippen molar-refractivity contribution in [3.05, 3.63) is 75.4 Å². The minimum atomic E-state index is -1.03. The van der Waals surface area contributed by atoms with Crippen LogP contribution in [0.25, 0.3) is 22.5 Å². The zero-order chi connectivity index (χ0) is 33.2. The van der Waals surface area contributed by atoms with E-state index >= 15 is 0 Å². The summed E-state index contributed by atoms with van der Waals surface area (Å²) >= 11 is 13.8. The molecule has 2 aliphatic rings. The van der Waals surface area contributed by atoms with Gasteiger partial charge in [-0.1, -0.05) is 41.4 Å². The van der Waals surface area contributed by atoms with E-state index in [1.807, 2.05) is 12.1 Å². The number of carboxylic acid groups (broad SMARTS) is 1. The average Bonchev–Trinajstić information content (AvgIpc) is 3.64. The van der Waals surface area contributed by atoms with E-state index < -0.39 is 12.0 Å². The number of imidazole rings is 1. The van der Waals surface area contributed by atoms with Crippen LogP contribution in [-0.2, 0) is 31.4 Å². The minimum Gasteiger partial charge on any atom is -0.481 e. The molecule has 13 nitrogen and oxygen atoms in total. The summed E-state index contributed by atoms with van der Waals surface area (Å²) in [6.45, 7) is 1.60. The minimum absolute atomic E-state index is 0.0755. The number of methoxy groups -OCH3 is 1. The summed E-state index contributed by atoms with van der Waals surface area (Å²) in [5, 5.41) is 19.0. The summed E-state index contributed by atoms with van der Waals surface area (Å²) in [5.74, 6) is 0.168. The fourth-order valence-corrected chi connectivity index (χ4v) is 6.43. The molecule has 0 unspecified atom stereocenters. The molecule has 2 aliphatic heterocycles. The van der Waals surface area contributed by atoms with Crippen LogP contribution in [0.1, 0.15) is 40.4 Å². The largest absolute Gasteiger partial charge is 0.481 e. The lowest BCUT2D eigenvalue weighted by atomic mass is 10.1. The lowest BCUT2D eigenvalue weighted by Gasteiger charge is -2.23. The van der Waals surface area contributed by atoms with E-state index in [0.29, 0.717) is 77.3 Å². The van der Waals surface area contributed by atoms with Crippen molar-refractivity contribution in [2.45, 2.75) is 38.4 Å². The highest BCUT2D eigenvalue weighted by Gasteiger charge is 2.28. The molecule has 1 atom stereocenters. The summed E-state index contributed by atoms with van der Waals surface area (Å²) in [7, 11) is 3.28. The van der Waals surface area contributed by atoms with Crippen LogP contribution in [0.4, 0.5) is 10.5 Å². The molecule has 6 rings (SSSR count). The van der Waals surface area contributed by atoms with E-state index in [9.17, 15) is 19.5 Å². The third kappa shape index (κ3) is 6.59. The molecule has 3 aromatic heterocycles. The van der Waals surface area contributed by atoms with Crippen LogP contribution < -0.4 is 20.7 Å². The number of pyridine rings is 2. The number of ether oxygens (including phenoxy) is 1. The second-order valence-corrected chi connectivity index (χ2v) is 12.0. The highest BCUT2D eigenvalue weighted by atomic mass is 35.5. The van der Waals surface area contributed by atoms with Crippen LogP contribution in [0.3, 0.4) is 0 Å². The highest BCUT2D eigenvalue weighted by Crippen LogP contribution is 2.40. The third-order valence-electron chi connectivity index (χ3n) is 8.32. The number of carbonyl (C=O) groups is 3. The molecule has 5 heterocycles. The van der Waals surface area contributed by atoms with Gasteiger partial charge < -0.3 is 35.3 Å². The Morgan fingerprint density at radius 1 is 1.11 bits per heavy atom. The predicted octanol–water partition coefficient (Wildman–Crippen LogP) is 4.52. The number of rotatable bonds is 9. The first-order valence-corrected chi connectivity index (χ1v) is 15.7. The number of nitrogens with one attached hydrogen (secondary N) is 3. The van der Waals surface area contributed by atoms with Crippen molar-refractivity contribution >= 4 is 46.8 Å². The van der Waals surface area contributed by atoms with Crippen LogP contribution in [0.2, 0.25) is 10.0 Å². The molecule has 244 valence electrons. The zero-order valence-corrected chi connectivity index (χ0v) is 27.2. The van der Waals surface area contributed by atoms with Gasteiger partial charge in [-0.3, -0.25) is 14.6 Å². The Hall–Kier alpha value is -4.72. The van der Waals surface area contributed by atoms with Gasteiger partial charge in [0.05, 0.1) is 46.5 Å². The maximum atomic E-state index is 13.3. The van der Waals surface area contributed by atoms with Gasteiger partial charge in [0.2, 0.25) is 11.8 Å². The van der Waals surface area contributed by atoms with Crippen LogP contribution in [0, 0.1) is 0 Å². The van der Waals surface area contributed by atoms with Gasteiger partial charge in [-0.05, 0) is 24.6 Å². The van der Waals surface area contributed by atoms with Gasteiger partial charge in [0.15, 0.2) is 5.82 Å². The Bertz CT molecular complexity index is 1880. The second-order valence-electron chi connectivity index (χ2n) is 11.3. The predicted molar refractivity (Wildman–Crippen MR) is 176 cm³/mol. The number of amides is 3. The molecule has 0 bridgehead atoms. The molecule has 3 amide bonds. The number of aromatic nitrogens is 4. The number of anilines is 1. The maximum Gasteiger partial charge on any atom is 0.407 e. The fourth-order valence-electron chi connectivity index (χ4n) is 5.86. The maximum absolute atomic E-state index is 13.3. The second kappa shape index (κ2) is 13.6. The molecular formula is C32H32Cl2N8O5. The number of carbonyl (C=O) groups excluding carboxylic acids is 2. The lowest BCUT2D eigenvalue weighted by molar-refractivity contribution is -0.119. The van der Waals surface area contributed by atoms with Gasteiger partial charge in [0.1, 0.15) is 0 Å². The Morgan fingerprint density at radius 2 is 1.94 bits per heavy atom. The van der Waals surface area contributed by atoms with E-state index in [2.05, 4.69) is 25.9 Å². The summed E-state index contributed by atoms with van der Waals surface area (Å²) < 4.78 is 7.27. The van der Waals surface area contributed by atoms with Gasteiger partial charge >= 0.3 is 6.09 Å². The molecule has 0 aliphatic carbocycles. The fraction of sp³-hybridized carbons (Fsp3) is 0.312. The number of fused-ring (bicyclic) bond motifs is 1. The lowest BCUT2D eigenvalue weighted by Crippen LogP contribution is -2.35. The van der Waals surface area contributed by atoms with Crippen molar-refractivity contribution in [1.82, 2.24) is 35.1 Å². The molecule has 0 saturated carbocycles. The molecule has 15 heteroatoms. The van der Waals surface area contributed by atoms with Crippen molar-refractivity contribution in [2.24, 2.45) is 7.05 Å². The van der Waals surface area contributed by atoms with Crippen molar-refractivity contribution in [1.29, 1.82) is 0 Å². The SMILES string of the molecule is COc1nc(-c2ccnc(-c3cccc(NC(=O)c4nc5c(n4C)CCN(C(=O)O)C5)c3Cl)c2Cl)ccc1CNC[C@@H]1CCC(=O)N1. The normalized spacial score (nSPS) is 15.7. The van der Waals surface area contributed by atoms with Gasteiger partial charge in [-0.25, -0.2) is 14.8 Å². The number of benzene rings is 1. The topological polar surface area (TPSA) is 164 Å². The first-order valence-electron chi connectivity index (χ1n) is 15.0. The molecule has 47 heavy (non-hydrogen) atoms. The summed E-state index contributed by atoms with van der Waals surface area (Å²) in [5.41, 5.74) is 4.63. The summed E-state index contributed by atoms with van der Waals surface area (Å²) in [4.78, 5) is 51.1. The summed E-state index contributed by atoms with van der Waals surface area (Å²) in [6, 6.07) is 10.8. The molecule has 0 radical (unpaired) electrons. The Balaban J connectivity index is 1.21. The number of hydrogen-bond donors (Lipinski definition) is 4. The van der Waals surface area contributed by atoms with Crippen molar-refractivity contribution in [2.75, 3.05) is 25.5 Å². The Morgan fingerprint density at radius 3 is 2.68 bits per heavy atom. The third-order valence-corrected chi connectivity index (χ3v) is 9.11. The first-order chi connectivity index (χ1) is 22.6. The Kier molecular flexibility index (Phi) is 9.30. The van der Waals surface area contributed by atoms with E-state index in [1.54, 1.807) is 49.2 Å². The van der Waals surface area contributed by atoms with Crippen LogP contribution >= 0.6 is 23.2 Å². The van der Waals surface area contributed by atoms with E-state index in [4.69, 9.17) is 32.9 Å². The molecule has 4 N–H and O–H groups in total. The number of nitrogens with zero attached hydrogens (tertiary/aromatic N) is 5. The molecule has 1 saturated heterocycles. The van der Waals surface area contributed by atoms with Gasteiger partial charge in [0.25, 0.3) is 5.91 Å². The molecule has 1 aromatic carbocycles. The van der Waals surface area contributed by atoms with E-state index in [-0.39, 0.29) is 29.3 Å². The quantitative estimate of drug-likeness (QED) is 0.199. The monoisotopic (exact) mass is 678 g/mol. The van der Waals surface area contributed by atoms with Crippen LogP contribution in [0.15, 0.2) is 42.6 Å². The molecule has 0 spiro atoms. The number of hydrogen-bond acceptors (Lipinski definition) is 8. The highest BCUT2D eigenvalue weighted by molar-refractivity contribution is 6.39. The smallest absolute Gasteiger partial charge is 0.407 e. The van der Waals surface area contributed by atoms with Crippen LogP contribution in [0.5, 0.6) is 5.88 Å². The van der Waals surface area contributed by atoms with Crippen molar-refractivity contribution in [3.63, 3.8) is 0 Å². The molecule has 1 fully saturated rings.